The molecule has 0 aliphatic carbocycles. The second kappa shape index (κ2) is 8.69. The first-order valence-electron chi connectivity index (χ1n) is 8.56. The Morgan fingerprint density at radius 3 is 1.86 bits per heavy atom. The molecule has 0 radical (unpaired) electrons. The van der Waals surface area contributed by atoms with Crippen LogP contribution in [-0.4, -0.2) is 23.6 Å². The molecule has 2 N–H and O–H groups in total. The van der Waals surface area contributed by atoms with Crippen molar-refractivity contribution in [3.8, 4) is 0 Å². The maximum atomic E-state index is 12.8. The fourth-order valence-corrected chi connectivity index (χ4v) is 2.85. The molecule has 1 amide bonds. The van der Waals surface area contributed by atoms with Crippen LogP contribution in [0.25, 0.3) is 0 Å². The molecule has 28 heavy (non-hydrogen) atoms. The van der Waals surface area contributed by atoms with Crippen molar-refractivity contribution < 1.29 is 19.4 Å². The zero-order chi connectivity index (χ0) is 20.0. The molecule has 0 spiro atoms. The van der Waals surface area contributed by atoms with Crippen molar-refractivity contribution in [2.45, 2.75) is 5.60 Å². The largest absolute Gasteiger partial charge is 0.453 e. The average Bonchev–Trinajstić information content (AvgIpc) is 2.74. The number of anilines is 1. The lowest BCUT2D eigenvalue weighted by molar-refractivity contribution is -0.163. The minimum absolute atomic E-state index is 0.351. The van der Waals surface area contributed by atoms with Gasteiger partial charge in [0.05, 0.1) is 0 Å². The molecule has 6 heteroatoms. The van der Waals surface area contributed by atoms with E-state index in [0.29, 0.717) is 21.8 Å². The second-order valence-electron chi connectivity index (χ2n) is 6.07. The van der Waals surface area contributed by atoms with Gasteiger partial charge in [0.1, 0.15) is 0 Å². The van der Waals surface area contributed by atoms with Crippen LogP contribution in [0.3, 0.4) is 0 Å². The molecule has 0 fully saturated rings. The predicted octanol–water partition coefficient (Wildman–Crippen LogP) is 3.76. The maximum absolute atomic E-state index is 12.8. The molecule has 0 aliphatic rings. The van der Waals surface area contributed by atoms with Gasteiger partial charge in [0, 0.05) is 10.7 Å². The first kappa shape index (κ1) is 19.6. The van der Waals surface area contributed by atoms with Crippen LogP contribution in [-0.2, 0) is 19.9 Å². The van der Waals surface area contributed by atoms with Crippen molar-refractivity contribution in [1.82, 2.24) is 0 Å². The maximum Gasteiger partial charge on any atom is 0.348 e. The second-order valence-corrected chi connectivity index (χ2v) is 6.51. The summed E-state index contributed by atoms with van der Waals surface area (Å²) in [7, 11) is 0. The third-order valence-corrected chi connectivity index (χ3v) is 4.39. The molecule has 0 saturated carbocycles. The third-order valence-electron chi connectivity index (χ3n) is 4.14. The summed E-state index contributed by atoms with van der Waals surface area (Å²) in [4.78, 5) is 24.9. The number of esters is 1. The Labute approximate surface area is 167 Å². The molecule has 3 aromatic carbocycles. The molecule has 3 aromatic rings. The lowest BCUT2D eigenvalue weighted by atomic mass is 9.86. The van der Waals surface area contributed by atoms with Gasteiger partial charge in [0.2, 0.25) is 5.60 Å². The van der Waals surface area contributed by atoms with Gasteiger partial charge in [-0.3, -0.25) is 4.79 Å². The van der Waals surface area contributed by atoms with E-state index >= 15 is 0 Å². The van der Waals surface area contributed by atoms with E-state index in [-0.39, 0.29) is 0 Å². The van der Waals surface area contributed by atoms with Crippen molar-refractivity contribution in [1.29, 1.82) is 0 Å². The van der Waals surface area contributed by atoms with E-state index in [2.05, 4.69) is 5.32 Å². The van der Waals surface area contributed by atoms with Gasteiger partial charge in [-0.15, -0.1) is 0 Å². The Bertz CT molecular complexity index is 904. The first-order chi connectivity index (χ1) is 13.5. The highest BCUT2D eigenvalue weighted by atomic mass is 35.5. The lowest BCUT2D eigenvalue weighted by Gasteiger charge is -2.26. The van der Waals surface area contributed by atoms with Gasteiger partial charge in [0.15, 0.2) is 6.61 Å². The Morgan fingerprint density at radius 2 is 1.36 bits per heavy atom. The van der Waals surface area contributed by atoms with Gasteiger partial charge in [-0.1, -0.05) is 72.3 Å². The standard InChI is InChI=1S/C22H18ClNO4/c23-18-11-13-19(14-12-18)24-20(25)15-28-21(26)22(27,16-7-3-1-4-8-16)17-9-5-2-6-10-17/h1-14,27H,15H2,(H,24,25). The molecular weight excluding hydrogens is 378 g/mol. The molecule has 0 bridgehead atoms. The minimum Gasteiger partial charge on any atom is -0.453 e. The highest BCUT2D eigenvalue weighted by Gasteiger charge is 2.41. The summed E-state index contributed by atoms with van der Waals surface area (Å²) in [6.07, 6.45) is 0. The van der Waals surface area contributed by atoms with Crippen LogP contribution in [0.4, 0.5) is 5.69 Å². The number of hydrogen-bond acceptors (Lipinski definition) is 4. The summed E-state index contributed by atoms with van der Waals surface area (Å²) < 4.78 is 5.15. The van der Waals surface area contributed by atoms with Crippen LogP contribution in [0.1, 0.15) is 11.1 Å². The van der Waals surface area contributed by atoms with Gasteiger partial charge < -0.3 is 15.2 Å². The summed E-state index contributed by atoms with van der Waals surface area (Å²) in [5.41, 5.74) is -0.802. The van der Waals surface area contributed by atoms with Crippen LogP contribution < -0.4 is 5.32 Å². The smallest absolute Gasteiger partial charge is 0.348 e. The zero-order valence-electron chi connectivity index (χ0n) is 14.8. The van der Waals surface area contributed by atoms with E-state index in [1.165, 1.54) is 0 Å². The quantitative estimate of drug-likeness (QED) is 0.623. The molecule has 0 saturated heterocycles. The van der Waals surface area contributed by atoms with E-state index < -0.39 is 24.1 Å². The molecule has 3 rings (SSSR count). The summed E-state index contributed by atoms with van der Waals surface area (Å²) in [5, 5.41) is 14.4. The molecule has 142 valence electrons. The lowest BCUT2D eigenvalue weighted by Crippen LogP contribution is -2.39. The van der Waals surface area contributed by atoms with Crippen molar-refractivity contribution in [3.63, 3.8) is 0 Å². The monoisotopic (exact) mass is 395 g/mol. The number of hydrogen-bond donors (Lipinski definition) is 2. The van der Waals surface area contributed by atoms with Crippen molar-refractivity contribution in [2.24, 2.45) is 0 Å². The van der Waals surface area contributed by atoms with Crippen LogP contribution in [0.15, 0.2) is 84.9 Å². The summed E-state index contributed by atoms with van der Waals surface area (Å²) in [6, 6.07) is 23.4. The van der Waals surface area contributed by atoms with E-state index in [4.69, 9.17) is 16.3 Å². The van der Waals surface area contributed by atoms with Crippen LogP contribution >= 0.6 is 11.6 Å². The van der Waals surface area contributed by atoms with Crippen LogP contribution in [0.5, 0.6) is 0 Å². The number of benzene rings is 3. The fourth-order valence-electron chi connectivity index (χ4n) is 2.73. The number of nitrogens with one attached hydrogen (secondary N) is 1. The van der Waals surface area contributed by atoms with E-state index in [0.717, 1.165) is 0 Å². The van der Waals surface area contributed by atoms with Gasteiger partial charge in [-0.2, -0.15) is 0 Å². The number of rotatable bonds is 6. The summed E-state index contributed by atoms with van der Waals surface area (Å²) in [5.74, 6) is -1.46. The molecule has 5 nitrogen and oxygen atoms in total. The van der Waals surface area contributed by atoms with Crippen molar-refractivity contribution in [2.75, 3.05) is 11.9 Å². The topological polar surface area (TPSA) is 75.6 Å². The van der Waals surface area contributed by atoms with Crippen molar-refractivity contribution in [3.05, 3.63) is 101 Å². The number of aliphatic hydroxyl groups is 1. The van der Waals surface area contributed by atoms with Gasteiger partial charge in [0.25, 0.3) is 5.91 Å². The van der Waals surface area contributed by atoms with E-state index in [1.807, 2.05) is 0 Å². The predicted molar refractivity (Wildman–Crippen MR) is 107 cm³/mol. The average molecular weight is 396 g/mol. The fraction of sp³-hybridized carbons (Fsp3) is 0.0909. The normalized spacial score (nSPS) is 10.9. The number of carbonyl (C=O) groups excluding carboxylic acids is 2. The van der Waals surface area contributed by atoms with Crippen molar-refractivity contribution >= 4 is 29.2 Å². The Kier molecular flexibility index (Phi) is 6.09. The zero-order valence-corrected chi connectivity index (χ0v) is 15.6. The number of halogens is 1. The Morgan fingerprint density at radius 1 is 0.857 bits per heavy atom. The minimum atomic E-state index is -2.02. The number of amides is 1. The van der Waals surface area contributed by atoms with Gasteiger partial charge in [-0.25, -0.2) is 4.79 Å². The summed E-state index contributed by atoms with van der Waals surface area (Å²) >= 11 is 5.81. The van der Waals surface area contributed by atoms with Gasteiger partial charge >= 0.3 is 5.97 Å². The highest BCUT2D eigenvalue weighted by molar-refractivity contribution is 6.30. The molecule has 0 unspecified atom stereocenters. The third kappa shape index (κ3) is 4.39. The van der Waals surface area contributed by atoms with E-state index in [1.54, 1.807) is 84.9 Å². The SMILES string of the molecule is O=C(COC(=O)C(O)(c1ccccc1)c1ccccc1)Nc1ccc(Cl)cc1. The molecule has 0 heterocycles. The van der Waals surface area contributed by atoms with Crippen LogP contribution in [0, 0.1) is 0 Å². The Hall–Kier alpha value is -3.15. The van der Waals surface area contributed by atoms with Gasteiger partial charge in [-0.05, 0) is 35.4 Å². The molecular formula is C22H18ClNO4. The molecule has 0 aliphatic heterocycles. The van der Waals surface area contributed by atoms with E-state index in [9.17, 15) is 14.7 Å². The number of carbonyl (C=O) groups is 2. The summed E-state index contributed by atoms with van der Waals surface area (Å²) in [6.45, 7) is -0.538. The first-order valence-corrected chi connectivity index (χ1v) is 8.94. The van der Waals surface area contributed by atoms with Crippen LogP contribution in [0.2, 0.25) is 5.02 Å². The highest BCUT2D eigenvalue weighted by Crippen LogP contribution is 2.31. The molecule has 0 aromatic heterocycles. The Balaban J connectivity index is 1.75. The molecule has 0 atom stereocenters. The number of ether oxygens (including phenoxy) is 1.